The van der Waals surface area contributed by atoms with Crippen LogP contribution in [0.15, 0.2) is 22.7 Å². The lowest BCUT2D eigenvalue weighted by molar-refractivity contribution is -0.117. The molecule has 5 nitrogen and oxygen atoms in total. The fourth-order valence-electron chi connectivity index (χ4n) is 2.50. The highest BCUT2D eigenvalue weighted by Gasteiger charge is 2.25. The number of aromatic nitrogens is 2. The number of anilines is 1. The van der Waals surface area contributed by atoms with Gasteiger partial charge < -0.3 is 4.90 Å². The van der Waals surface area contributed by atoms with Gasteiger partial charge in [-0.1, -0.05) is 6.07 Å². The van der Waals surface area contributed by atoms with Crippen LogP contribution in [-0.2, 0) is 18.3 Å². The number of likely N-dealkylation sites (N-methyl/N-ethyl adjacent to an activating group) is 1. The summed E-state index contributed by atoms with van der Waals surface area (Å²) in [4.78, 5) is 13.4. The second-order valence-electron chi connectivity index (χ2n) is 4.72. The van der Waals surface area contributed by atoms with Crippen molar-refractivity contribution in [2.75, 3.05) is 11.9 Å². The zero-order valence-corrected chi connectivity index (χ0v) is 12.6. The first kappa shape index (κ1) is 12.9. The molecule has 2 heterocycles. The van der Waals surface area contributed by atoms with Crippen molar-refractivity contribution in [2.45, 2.75) is 6.42 Å². The summed E-state index contributed by atoms with van der Waals surface area (Å²) in [7, 11) is 3.58. The van der Waals surface area contributed by atoms with Gasteiger partial charge in [0.05, 0.1) is 16.6 Å². The number of nitriles is 1. The van der Waals surface area contributed by atoms with Gasteiger partial charge in [-0.3, -0.25) is 9.48 Å². The Morgan fingerprint density at radius 3 is 2.80 bits per heavy atom. The summed E-state index contributed by atoms with van der Waals surface area (Å²) in [5.41, 5.74) is 4.08. The maximum Gasteiger partial charge on any atom is 0.231 e. The van der Waals surface area contributed by atoms with Gasteiger partial charge in [-0.2, -0.15) is 10.4 Å². The van der Waals surface area contributed by atoms with Gasteiger partial charge in [0.2, 0.25) is 5.91 Å². The highest BCUT2D eigenvalue weighted by Crippen LogP contribution is 2.35. The standard InChI is InChI=1S/C14H11BrN4O/c1-18-11-4-3-8(5-9(11)6-12(18)20)14-13(15)10(7-16)17-19(14)2/h3-5H,6H2,1-2H3. The van der Waals surface area contributed by atoms with Crippen LogP contribution in [0.3, 0.4) is 0 Å². The van der Waals surface area contributed by atoms with E-state index in [9.17, 15) is 4.79 Å². The van der Waals surface area contributed by atoms with Crippen molar-refractivity contribution in [3.8, 4) is 17.3 Å². The SMILES string of the molecule is CN1C(=O)Cc2cc(-c3c(Br)c(C#N)nn3C)ccc21. The number of fused-ring (bicyclic) bond motifs is 1. The summed E-state index contributed by atoms with van der Waals surface area (Å²) in [5.74, 6) is 0.0962. The molecule has 0 spiro atoms. The van der Waals surface area contributed by atoms with E-state index in [1.54, 1.807) is 23.7 Å². The molecule has 100 valence electrons. The van der Waals surface area contributed by atoms with E-state index in [1.165, 1.54) is 0 Å². The van der Waals surface area contributed by atoms with E-state index in [0.29, 0.717) is 16.6 Å². The second-order valence-corrected chi connectivity index (χ2v) is 5.51. The predicted molar refractivity (Wildman–Crippen MR) is 78.2 cm³/mol. The third kappa shape index (κ3) is 1.74. The Bertz CT molecular complexity index is 772. The van der Waals surface area contributed by atoms with Gasteiger partial charge in [0, 0.05) is 25.3 Å². The van der Waals surface area contributed by atoms with E-state index in [0.717, 1.165) is 22.5 Å². The van der Waals surface area contributed by atoms with Crippen LogP contribution in [0, 0.1) is 11.3 Å². The number of benzene rings is 1. The lowest BCUT2D eigenvalue weighted by Crippen LogP contribution is -2.20. The van der Waals surface area contributed by atoms with Crippen LogP contribution in [0.2, 0.25) is 0 Å². The molecule has 2 aromatic rings. The fraction of sp³-hybridized carbons (Fsp3) is 0.214. The summed E-state index contributed by atoms with van der Waals surface area (Å²) < 4.78 is 2.35. The average Bonchev–Trinajstić information content (AvgIpc) is 2.87. The minimum atomic E-state index is 0.0962. The molecule has 0 bridgehead atoms. The number of hydrogen-bond acceptors (Lipinski definition) is 3. The highest BCUT2D eigenvalue weighted by atomic mass is 79.9. The van der Waals surface area contributed by atoms with Crippen LogP contribution in [0.25, 0.3) is 11.3 Å². The number of carbonyl (C=O) groups excluding carboxylic acids is 1. The first-order valence-electron chi connectivity index (χ1n) is 6.05. The molecule has 0 atom stereocenters. The Hall–Kier alpha value is -2.13. The first-order chi connectivity index (χ1) is 9.52. The molecule has 6 heteroatoms. The zero-order chi connectivity index (χ0) is 14.4. The number of hydrogen-bond donors (Lipinski definition) is 0. The summed E-state index contributed by atoms with van der Waals surface area (Å²) in [6.45, 7) is 0. The van der Waals surface area contributed by atoms with E-state index in [1.807, 2.05) is 18.2 Å². The Morgan fingerprint density at radius 1 is 1.40 bits per heavy atom. The van der Waals surface area contributed by atoms with Crippen LogP contribution in [0.5, 0.6) is 0 Å². The molecule has 0 saturated heterocycles. The van der Waals surface area contributed by atoms with E-state index in [-0.39, 0.29) is 5.91 Å². The number of rotatable bonds is 1. The van der Waals surface area contributed by atoms with Crippen LogP contribution >= 0.6 is 15.9 Å². The quantitative estimate of drug-likeness (QED) is 0.805. The van der Waals surface area contributed by atoms with Gasteiger partial charge >= 0.3 is 0 Å². The molecular weight excluding hydrogens is 320 g/mol. The Labute approximate surface area is 124 Å². The fourth-order valence-corrected chi connectivity index (χ4v) is 3.15. The second kappa shape index (κ2) is 4.46. The Balaban J connectivity index is 2.15. The summed E-state index contributed by atoms with van der Waals surface area (Å²) in [5, 5.41) is 13.2. The predicted octanol–water partition coefficient (Wildman–Crippen LogP) is 2.24. The normalized spacial score (nSPS) is 13.5. The van der Waals surface area contributed by atoms with E-state index in [2.05, 4.69) is 27.1 Å². The summed E-state index contributed by atoms with van der Waals surface area (Å²) >= 11 is 3.42. The van der Waals surface area contributed by atoms with Crippen molar-refractivity contribution in [2.24, 2.45) is 7.05 Å². The zero-order valence-electron chi connectivity index (χ0n) is 11.0. The third-order valence-corrected chi connectivity index (χ3v) is 4.28. The van der Waals surface area contributed by atoms with Gasteiger partial charge in [0.25, 0.3) is 0 Å². The minimum Gasteiger partial charge on any atom is -0.315 e. The molecule has 1 aromatic heterocycles. The van der Waals surface area contributed by atoms with Crippen LogP contribution in [0.1, 0.15) is 11.3 Å². The lowest BCUT2D eigenvalue weighted by atomic mass is 10.1. The van der Waals surface area contributed by atoms with E-state index >= 15 is 0 Å². The molecule has 1 aliphatic rings. The average molecular weight is 331 g/mol. The largest absolute Gasteiger partial charge is 0.315 e. The number of carbonyl (C=O) groups is 1. The van der Waals surface area contributed by atoms with E-state index < -0.39 is 0 Å². The molecule has 0 fully saturated rings. The highest BCUT2D eigenvalue weighted by molar-refractivity contribution is 9.10. The molecule has 0 saturated carbocycles. The van der Waals surface area contributed by atoms with Gasteiger partial charge in [-0.25, -0.2) is 0 Å². The molecule has 1 amide bonds. The molecular formula is C14H11BrN4O. The summed E-state index contributed by atoms with van der Waals surface area (Å²) in [6.07, 6.45) is 0.417. The van der Waals surface area contributed by atoms with Crippen LogP contribution in [-0.4, -0.2) is 22.7 Å². The molecule has 1 aliphatic heterocycles. The maximum atomic E-state index is 11.7. The first-order valence-corrected chi connectivity index (χ1v) is 6.84. The van der Waals surface area contributed by atoms with Crippen molar-refractivity contribution in [1.82, 2.24) is 9.78 Å². The number of halogens is 1. The van der Waals surface area contributed by atoms with Crippen molar-refractivity contribution in [3.05, 3.63) is 33.9 Å². The van der Waals surface area contributed by atoms with Gasteiger partial charge in [-0.15, -0.1) is 0 Å². The molecule has 0 unspecified atom stereocenters. The van der Waals surface area contributed by atoms with Crippen molar-refractivity contribution in [1.29, 1.82) is 5.26 Å². The smallest absolute Gasteiger partial charge is 0.231 e. The minimum absolute atomic E-state index is 0.0962. The lowest BCUT2D eigenvalue weighted by Gasteiger charge is -2.11. The monoisotopic (exact) mass is 330 g/mol. The Morgan fingerprint density at radius 2 is 2.15 bits per heavy atom. The summed E-state index contributed by atoms with van der Waals surface area (Å²) in [6, 6.07) is 7.91. The van der Waals surface area contributed by atoms with Gasteiger partial charge in [-0.05, 0) is 33.6 Å². The van der Waals surface area contributed by atoms with Crippen LogP contribution < -0.4 is 4.90 Å². The molecule has 3 rings (SSSR count). The van der Waals surface area contributed by atoms with Gasteiger partial charge in [0.15, 0.2) is 5.69 Å². The third-order valence-electron chi connectivity index (χ3n) is 3.53. The number of aryl methyl sites for hydroxylation is 1. The van der Waals surface area contributed by atoms with Crippen molar-refractivity contribution >= 4 is 27.5 Å². The molecule has 0 N–H and O–H groups in total. The van der Waals surface area contributed by atoms with Gasteiger partial charge in [0.1, 0.15) is 6.07 Å². The van der Waals surface area contributed by atoms with Crippen LogP contribution in [0.4, 0.5) is 5.69 Å². The molecule has 0 radical (unpaired) electrons. The number of amides is 1. The number of nitrogens with zero attached hydrogens (tertiary/aromatic N) is 4. The van der Waals surface area contributed by atoms with Crippen molar-refractivity contribution < 1.29 is 4.79 Å². The molecule has 20 heavy (non-hydrogen) atoms. The molecule has 1 aromatic carbocycles. The maximum absolute atomic E-state index is 11.7. The molecule has 0 aliphatic carbocycles. The Kier molecular flexibility index (Phi) is 2.87. The van der Waals surface area contributed by atoms with Crippen molar-refractivity contribution in [3.63, 3.8) is 0 Å². The topological polar surface area (TPSA) is 61.9 Å². The van der Waals surface area contributed by atoms with E-state index in [4.69, 9.17) is 5.26 Å².